The van der Waals surface area contributed by atoms with Crippen molar-refractivity contribution in [1.29, 1.82) is 0 Å². The topological polar surface area (TPSA) is 55.3 Å². The lowest BCUT2D eigenvalue weighted by molar-refractivity contribution is 0.252. The zero-order valence-electron chi connectivity index (χ0n) is 13.3. The van der Waals surface area contributed by atoms with E-state index in [-0.39, 0.29) is 0 Å². The molecule has 4 rings (SSSR count). The Hall–Kier alpha value is -2.66. The number of rotatable bonds is 5. The van der Waals surface area contributed by atoms with Gasteiger partial charge in [-0.15, -0.1) is 10.2 Å². The Kier molecular flexibility index (Phi) is 4.25. The molecule has 2 aromatic heterocycles. The van der Waals surface area contributed by atoms with E-state index in [1.165, 1.54) is 12.0 Å². The van der Waals surface area contributed by atoms with E-state index < -0.39 is 0 Å². The predicted octanol–water partition coefficient (Wildman–Crippen LogP) is 4.01. The molecule has 1 saturated heterocycles. The van der Waals surface area contributed by atoms with Crippen LogP contribution < -0.4 is 0 Å². The molecular weight excluding hydrogens is 302 g/mol. The highest BCUT2D eigenvalue weighted by Gasteiger charge is 2.24. The van der Waals surface area contributed by atoms with Gasteiger partial charge in [0.05, 0.1) is 12.8 Å². The molecule has 0 N–H and O–H groups in total. The number of hydrogen-bond donors (Lipinski definition) is 0. The third-order valence-corrected chi connectivity index (χ3v) is 4.26. The summed E-state index contributed by atoms with van der Waals surface area (Å²) in [6, 6.07) is 14.4. The molecule has 1 aromatic carbocycles. The molecule has 5 nitrogen and oxygen atoms in total. The number of hydrogen-bond acceptors (Lipinski definition) is 5. The first-order chi connectivity index (χ1) is 11.9. The third-order valence-electron chi connectivity index (χ3n) is 4.26. The summed E-state index contributed by atoms with van der Waals surface area (Å²) >= 11 is 0. The molecule has 5 heteroatoms. The van der Waals surface area contributed by atoms with Crippen LogP contribution in [0.4, 0.5) is 0 Å². The molecule has 3 heterocycles. The summed E-state index contributed by atoms with van der Waals surface area (Å²) in [6.45, 7) is 1.71. The van der Waals surface area contributed by atoms with Gasteiger partial charge in [-0.05, 0) is 37.1 Å². The highest BCUT2D eigenvalue weighted by atomic mass is 16.4. The average Bonchev–Trinajstić information content (AvgIpc) is 3.36. The minimum absolute atomic E-state index is 0.407. The maximum Gasteiger partial charge on any atom is 0.283 e. The van der Waals surface area contributed by atoms with Crippen molar-refractivity contribution in [3.63, 3.8) is 0 Å². The van der Waals surface area contributed by atoms with E-state index in [2.05, 4.69) is 51.5 Å². The van der Waals surface area contributed by atoms with Crippen LogP contribution >= 0.6 is 0 Å². The quantitative estimate of drug-likeness (QED) is 0.711. The lowest BCUT2D eigenvalue weighted by atomic mass is 10.1. The van der Waals surface area contributed by atoms with Gasteiger partial charge >= 0.3 is 0 Å². The van der Waals surface area contributed by atoms with Crippen molar-refractivity contribution in [3.05, 3.63) is 66.3 Å². The van der Waals surface area contributed by atoms with Crippen LogP contribution in [-0.2, 0) is 6.54 Å². The van der Waals surface area contributed by atoms with E-state index in [9.17, 15) is 0 Å². The zero-order chi connectivity index (χ0) is 16.2. The van der Waals surface area contributed by atoms with E-state index in [0.717, 1.165) is 13.0 Å². The van der Waals surface area contributed by atoms with Gasteiger partial charge in [0.25, 0.3) is 5.89 Å². The molecule has 1 atom stereocenters. The largest absolute Gasteiger partial charge is 0.459 e. The van der Waals surface area contributed by atoms with Gasteiger partial charge in [0.1, 0.15) is 0 Å². The van der Waals surface area contributed by atoms with Crippen molar-refractivity contribution in [2.45, 2.75) is 25.4 Å². The van der Waals surface area contributed by atoms with Crippen molar-refractivity contribution >= 4 is 6.08 Å². The van der Waals surface area contributed by atoms with Crippen LogP contribution in [0.3, 0.4) is 0 Å². The second-order valence-corrected chi connectivity index (χ2v) is 5.93. The number of aromatic nitrogens is 2. The highest BCUT2D eigenvalue weighted by molar-refractivity contribution is 5.49. The first-order valence-corrected chi connectivity index (χ1v) is 8.22. The summed E-state index contributed by atoms with van der Waals surface area (Å²) in [7, 11) is 0. The Morgan fingerprint density at radius 2 is 2.04 bits per heavy atom. The van der Waals surface area contributed by atoms with E-state index >= 15 is 0 Å². The van der Waals surface area contributed by atoms with Crippen molar-refractivity contribution in [3.8, 4) is 11.7 Å². The summed E-state index contributed by atoms with van der Waals surface area (Å²) < 4.78 is 11.0. The first kappa shape index (κ1) is 14.9. The second kappa shape index (κ2) is 6.84. The molecule has 0 amide bonds. The van der Waals surface area contributed by atoms with E-state index in [1.807, 2.05) is 18.2 Å². The standard InChI is InChI=1S/C19H19N3O2/c1-2-6-15(7-3-1)10-11-16-8-4-12-22(16)14-18-20-21-19(24-18)17-9-5-13-23-17/h1-3,5-7,9-11,13,16H,4,8,12,14H2/b11-10+/t16-/m1/s1. The monoisotopic (exact) mass is 321 g/mol. The van der Waals surface area contributed by atoms with Gasteiger partial charge in [0.2, 0.25) is 5.89 Å². The maximum absolute atomic E-state index is 5.72. The van der Waals surface area contributed by atoms with Crippen LogP contribution in [-0.4, -0.2) is 27.7 Å². The minimum Gasteiger partial charge on any atom is -0.459 e. The lowest BCUT2D eigenvalue weighted by Crippen LogP contribution is -2.27. The van der Waals surface area contributed by atoms with Gasteiger partial charge in [0, 0.05) is 6.04 Å². The molecule has 0 radical (unpaired) electrons. The number of nitrogens with zero attached hydrogens (tertiary/aromatic N) is 3. The van der Waals surface area contributed by atoms with Crippen LogP contribution in [0.25, 0.3) is 17.7 Å². The van der Waals surface area contributed by atoms with Gasteiger partial charge < -0.3 is 8.83 Å². The molecule has 24 heavy (non-hydrogen) atoms. The smallest absolute Gasteiger partial charge is 0.283 e. The minimum atomic E-state index is 0.407. The average molecular weight is 321 g/mol. The molecule has 1 aliphatic heterocycles. The van der Waals surface area contributed by atoms with Crippen LogP contribution in [0.5, 0.6) is 0 Å². The van der Waals surface area contributed by atoms with Crippen molar-refractivity contribution in [1.82, 2.24) is 15.1 Å². The molecule has 0 saturated carbocycles. The van der Waals surface area contributed by atoms with Gasteiger partial charge in [-0.25, -0.2) is 0 Å². The molecule has 1 aliphatic rings. The fourth-order valence-electron chi connectivity index (χ4n) is 3.04. The van der Waals surface area contributed by atoms with E-state index in [1.54, 1.807) is 6.26 Å². The third kappa shape index (κ3) is 3.31. The zero-order valence-corrected chi connectivity index (χ0v) is 13.3. The SMILES string of the molecule is C(=C\[C@H]1CCCN1Cc1nnc(-c2ccco2)o1)/c1ccccc1. The predicted molar refractivity (Wildman–Crippen MR) is 90.9 cm³/mol. The van der Waals surface area contributed by atoms with Crippen LogP contribution in [0.15, 0.2) is 63.6 Å². The summed E-state index contributed by atoms with van der Waals surface area (Å²) in [5.74, 6) is 1.67. The molecule has 0 unspecified atom stereocenters. The van der Waals surface area contributed by atoms with Crippen LogP contribution in [0, 0.1) is 0 Å². The lowest BCUT2D eigenvalue weighted by Gasteiger charge is -2.19. The molecule has 0 bridgehead atoms. The van der Waals surface area contributed by atoms with Gasteiger partial charge in [0.15, 0.2) is 5.76 Å². The summed E-state index contributed by atoms with van der Waals surface area (Å²) in [5, 5.41) is 8.21. The summed E-state index contributed by atoms with van der Waals surface area (Å²) in [4.78, 5) is 2.37. The Bertz CT molecular complexity index is 793. The number of furan rings is 1. The van der Waals surface area contributed by atoms with Crippen LogP contribution in [0.1, 0.15) is 24.3 Å². The van der Waals surface area contributed by atoms with Gasteiger partial charge in [-0.1, -0.05) is 42.5 Å². The Morgan fingerprint density at radius 1 is 1.12 bits per heavy atom. The molecule has 3 aromatic rings. The van der Waals surface area contributed by atoms with Crippen molar-refractivity contribution < 1.29 is 8.83 Å². The summed E-state index contributed by atoms with van der Waals surface area (Å²) in [5.41, 5.74) is 1.22. The summed E-state index contributed by atoms with van der Waals surface area (Å²) in [6.07, 6.45) is 8.40. The molecule has 122 valence electrons. The number of benzene rings is 1. The Balaban J connectivity index is 1.43. The molecular formula is C19H19N3O2. The normalized spacial score (nSPS) is 18.6. The Morgan fingerprint density at radius 3 is 2.88 bits per heavy atom. The second-order valence-electron chi connectivity index (χ2n) is 5.93. The van der Waals surface area contributed by atoms with E-state index in [4.69, 9.17) is 8.83 Å². The first-order valence-electron chi connectivity index (χ1n) is 8.22. The molecule has 0 spiro atoms. The number of likely N-dealkylation sites (tertiary alicyclic amines) is 1. The van der Waals surface area contributed by atoms with Gasteiger partial charge in [-0.3, -0.25) is 4.90 Å². The fraction of sp³-hybridized carbons (Fsp3) is 0.263. The van der Waals surface area contributed by atoms with Crippen LogP contribution in [0.2, 0.25) is 0 Å². The Labute approximate surface area is 140 Å². The van der Waals surface area contributed by atoms with Crippen molar-refractivity contribution in [2.24, 2.45) is 0 Å². The van der Waals surface area contributed by atoms with Gasteiger partial charge in [-0.2, -0.15) is 0 Å². The fourth-order valence-corrected chi connectivity index (χ4v) is 3.04. The van der Waals surface area contributed by atoms with Crippen molar-refractivity contribution in [2.75, 3.05) is 6.54 Å². The molecule has 0 aliphatic carbocycles. The highest BCUT2D eigenvalue weighted by Crippen LogP contribution is 2.23. The molecule has 1 fully saturated rings. The van der Waals surface area contributed by atoms with E-state index in [0.29, 0.717) is 30.1 Å². The maximum atomic E-state index is 5.72.